The van der Waals surface area contributed by atoms with Crippen LogP contribution in [0.15, 0.2) is 135 Å². The van der Waals surface area contributed by atoms with Gasteiger partial charge in [0.15, 0.2) is 0 Å². The van der Waals surface area contributed by atoms with Crippen molar-refractivity contribution in [3.63, 3.8) is 0 Å². The first kappa shape index (κ1) is 107. The number of methoxy groups -OCH3 is 1. The molecule has 0 saturated heterocycles. The summed E-state index contributed by atoms with van der Waals surface area (Å²) in [6, 6.07) is 0. The van der Waals surface area contributed by atoms with Gasteiger partial charge in [-0.05, 0) is 512 Å². The lowest BCUT2D eigenvalue weighted by molar-refractivity contribution is -0.158. The number of hydrogen-bond acceptors (Lipinski definition) is 14. The highest BCUT2D eigenvalue weighted by Gasteiger charge is 2.66. The van der Waals surface area contributed by atoms with Gasteiger partial charge in [0.1, 0.15) is 17.9 Å². The van der Waals surface area contributed by atoms with Crippen LogP contribution in [0.1, 0.15) is 330 Å². The summed E-state index contributed by atoms with van der Waals surface area (Å²) in [7, 11) is 1.72. The van der Waals surface area contributed by atoms with Crippen molar-refractivity contribution in [3.8, 4) is 11.3 Å². The van der Waals surface area contributed by atoms with E-state index in [0.29, 0.717) is 118 Å². The van der Waals surface area contributed by atoms with E-state index in [4.69, 9.17) is 16.3 Å². The van der Waals surface area contributed by atoms with Gasteiger partial charge < -0.3 is 39.4 Å². The van der Waals surface area contributed by atoms with Crippen LogP contribution < -0.4 is 0 Å². The largest absolute Gasteiger partial charge is 0.390 e. The SMILES string of the molecule is C=C(Cn1ccnc1)[C@H]1CC[C@H]2[C@@H]3CC[C@H]4C[C@](O)(C#CCl)CC[C@@H]4[C@H]3CC[C@]12C.C=C(Cn1ccnc1)[C@H]1CC[C@H]2[C@@H]3CC[C@H]4C[C@](O)(C(F)F)CC[C@@H]4[C@H]3CC[C@]12C.C=C(Cn1nccn1)[C@H]1CC[C@H]2[C@@H]3CC[C@H]4C[C@@](C)(O)CC[C@@H]4[C@H]3CC[C@]12C.C=C(Cn1nccn1)[C@H]1CC[C@H]2[C@@H]3CC[C@H]4C[C@](O)(CF)CC[C@@H]4[C@H]3CC[C@]12C.C=C(Cn1nccn1)[C@H]1CC[C@H]2[C@@H]3CC[C@H]4C[C@](O)(COC)CC[C@@H]4[C@H]3CC[C@]12C. The fourth-order valence-electron chi connectivity index (χ4n) is 42.4. The molecule has 0 amide bonds. The van der Waals surface area contributed by atoms with Crippen LogP contribution in [0.5, 0.6) is 0 Å². The number of imidazole rings is 2. The van der Waals surface area contributed by atoms with Crippen LogP contribution in [0.25, 0.3) is 0 Å². The van der Waals surface area contributed by atoms with Crippen LogP contribution in [0.3, 0.4) is 0 Å². The standard InChI is InChI=1S/C26H35ClN2O.C25H36F2N2O.C25H39N3O2.C24H36FN3O.C24H37N3O/c1-18(16-29-14-13-28-17-29)23-5-6-24-22-4-3-19-15-26(30,11-12-27)10-8-20(19)21(22)7-9-25(23,24)2;1-16(14-29-12-11-28-15-29)21-5-6-22-20-4-3-17-13-25(30,23(26)27)10-8-18(17)19(20)7-9-24(21,22)2;1-17(15-28-26-12-13-27-28)22-6-7-23-21-5-4-18-14-25(29,16-30-3)11-9-19(18)20(21)8-10-24(22,23)2;1-16(14-28-26-11-12-27-28)21-5-6-22-20-4-3-17-13-24(29,15-25)10-8-18(17)19(20)7-9-23(21,22)2;1-16(15-27-25-12-13-26-27)21-6-7-22-20-5-4-17-14-23(2,28)10-8-18(17)19(20)9-11-24(21,22)3/h13-14,17,19-24,30H,1,3-10,15-16H2,2H3;11-12,15,17-23,30H,1,3-10,13-14H2,2H3;12-13,18-23,29H,1,4-11,14-16H2,2-3H3;11-12,17-22,29H,1,3-10,13-15H2,2H3;12-13,17-22,28H,1,4-11,14-15H2,2-3H3/t19-,20-,21+,22+,23+,24-,25+,26+;17-,18-,19+,20+,21+,22-,24+,25-;18-,19-,20+,21+,22+,23-,24+,25-;17-,18-,19+,20+,21+,22-,23+,24-;17-,18-,19+,20+,21+,22-,23-,24+/m00000/s1. The highest BCUT2D eigenvalue weighted by Crippen LogP contribution is 2.73. The Morgan fingerprint density at radius 1 is 0.340 bits per heavy atom. The van der Waals surface area contributed by atoms with Crippen LogP contribution >= 0.6 is 11.6 Å². The van der Waals surface area contributed by atoms with Crippen molar-refractivity contribution < 1.29 is 43.4 Å². The minimum Gasteiger partial charge on any atom is -0.390 e. The van der Waals surface area contributed by atoms with Gasteiger partial charge in [-0.3, -0.25) is 0 Å². The van der Waals surface area contributed by atoms with E-state index >= 15 is 0 Å². The minimum atomic E-state index is -2.61. The molecule has 147 heavy (non-hydrogen) atoms. The van der Waals surface area contributed by atoms with Crippen LogP contribution in [0.4, 0.5) is 13.2 Å². The molecule has 5 heterocycles. The lowest BCUT2D eigenvalue weighted by atomic mass is 9.48. The Bertz CT molecular complexity index is 5390. The van der Waals surface area contributed by atoms with E-state index in [9.17, 15) is 38.7 Å². The Balaban J connectivity index is 0.000000108. The van der Waals surface area contributed by atoms with Gasteiger partial charge in [0.05, 0.1) is 92.9 Å². The summed E-state index contributed by atoms with van der Waals surface area (Å²) in [5, 5.41) is 81.5. The number of alkyl halides is 3. The summed E-state index contributed by atoms with van der Waals surface area (Å²) >= 11 is 5.64. The lowest BCUT2D eigenvalue weighted by Gasteiger charge is -2.57. The Morgan fingerprint density at radius 3 is 0.952 bits per heavy atom. The average Bonchev–Trinajstić information content (AvgIpc) is 1.61. The molecule has 20 aliphatic carbocycles. The molecule has 23 heteroatoms. The Hall–Kier alpha value is -6.06. The van der Waals surface area contributed by atoms with E-state index in [1.165, 1.54) is 220 Å². The van der Waals surface area contributed by atoms with Gasteiger partial charge in [0.2, 0.25) is 0 Å². The molecule has 40 atom stereocenters. The average molecular weight is 2040 g/mol. The normalized spacial score (nSPS) is 46.0. The second kappa shape index (κ2) is 42.6. The number of fused-ring (bicyclic) bond motifs is 25. The zero-order chi connectivity index (χ0) is 103. The summed E-state index contributed by atoms with van der Waals surface area (Å²) in [6.07, 6.45) is 71.2. The monoisotopic (exact) mass is 2040 g/mol. The van der Waals surface area contributed by atoms with E-state index < -0.39 is 41.1 Å². The fourth-order valence-corrected chi connectivity index (χ4v) is 42.5. The van der Waals surface area contributed by atoms with E-state index in [2.05, 4.69) is 142 Å². The number of rotatable bonds is 19. The maximum Gasteiger partial charge on any atom is 0.266 e. The maximum absolute atomic E-state index is 13.4. The Kier molecular flexibility index (Phi) is 30.9. The van der Waals surface area contributed by atoms with Gasteiger partial charge in [-0.25, -0.2) is 23.1 Å². The molecule has 20 saturated carbocycles. The number of allylic oxidation sites excluding steroid dienone is 5. The minimum absolute atomic E-state index is 0.279. The van der Waals surface area contributed by atoms with E-state index in [1.54, 1.807) is 58.7 Å². The third-order valence-corrected chi connectivity index (χ3v) is 48.7. The molecule has 25 rings (SSSR count). The Morgan fingerprint density at radius 2 is 0.633 bits per heavy atom. The zero-order valence-electron chi connectivity index (χ0n) is 90.6. The van der Waals surface area contributed by atoms with Gasteiger partial charge in [-0.2, -0.15) is 45.0 Å². The van der Waals surface area contributed by atoms with Crippen molar-refractivity contribution in [2.45, 2.75) is 398 Å². The van der Waals surface area contributed by atoms with Crippen molar-refractivity contribution in [1.29, 1.82) is 0 Å². The number of nitrogens with zero attached hydrogens (tertiary/aromatic N) is 13. The maximum atomic E-state index is 13.4. The summed E-state index contributed by atoms with van der Waals surface area (Å²) in [5.41, 5.74) is 3.98. The van der Waals surface area contributed by atoms with Gasteiger partial charge in [0, 0.05) is 50.4 Å². The smallest absolute Gasteiger partial charge is 0.266 e. The van der Waals surface area contributed by atoms with Gasteiger partial charge in [-0.15, -0.1) is 0 Å². The third-order valence-electron chi connectivity index (χ3n) is 48.6. The van der Waals surface area contributed by atoms with Crippen molar-refractivity contribution in [3.05, 3.63) is 135 Å². The second-order valence-electron chi connectivity index (χ2n) is 55.4. The summed E-state index contributed by atoms with van der Waals surface area (Å²) < 4.78 is 49.8. The van der Waals surface area contributed by atoms with Crippen LogP contribution in [-0.4, -0.2) is 144 Å². The van der Waals surface area contributed by atoms with Gasteiger partial charge >= 0.3 is 0 Å². The molecule has 0 aromatic carbocycles. The van der Waals surface area contributed by atoms with E-state index in [-0.39, 0.29) is 12.3 Å². The zero-order valence-corrected chi connectivity index (χ0v) is 91.4. The molecular weight excluding hydrogens is 1860 g/mol. The predicted octanol–water partition coefficient (Wildman–Crippen LogP) is 25.5. The van der Waals surface area contributed by atoms with E-state index in [1.807, 2.05) is 31.2 Å². The van der Waals surface area contributed by atoms with Crippen molar-refractivity contribution in [2.24, 2.45) is 205 Å². The van der Waals surface area contributed by atoms with E-state index in [0.717, 1.165) is 210 Å². The van der Waals surface area contributed by atoms with Crippen molar-refractivity contribution in [1.82, 2.24) is 64.1 Å². The first-order valence-corrected chi connectivity index (χ1v) is 59.8. The molecule has 0 spiro atoms. The Labute approximate surface area is 883 Å². The van der Waals surface area contributed by atoms with Crippen LogP contribution in [0, 0.1) is 216 Å². The molecule has 5 aromatic heterocycles. The molecule has 5 aromatic rings. The first-order chi connectivity index (χ1) is 70.5. The lowest BCUT2D eigenvalue weighted by Crippen LogP contribution is -2.52. The number of aromatic nitrogens is 13. The molecule has 0 unspecified atom stereocenters. The molecule has 5 N–H and O–H groups in total. The third kappa shape index (κ3) is 20.4. The molecule has 19 nitrogen and oxygen atoms in total. The number of ether oxygens (including phenoxy) is 1. The van der Waals surface area contributed by atoms with Crippen molar-refractivity contribution >= 4 is 11.6 Å². The molecule has 20 fully saturated rings. The summed E-state index contributed by atoms with van der Waals surface area (Å²) in [4.78, 5) is 13.7. The molecular formula is C124H183ClF3N13O6. The highest BCUT2D eigenvalue weighted by molar-refractivity contribution is 6.30. The predicted molar refractivity (Wildman–Crippen MR) is 571 cm³/mol. The topological polar surface area (TPSA) is 238 Å². The number of hydrogen-bond donors (Lipinski definition) is 5. The molecule has 0 aliphatic heterocycles. The summed E-state index contributed by atoms with van der Waals surface area (Å²) in [6.45, 7) is 41.3. The molecule has 20 aliphatic rings. The van der Waals surface area contributed by atoms with Crippen LogP contribution in [-0.2, 0) is 37.5 Å². The van der Waals surface area contributed by atoms with Crippen molar-refractivity contribution in [2.75, 3.05) is 20.4 Å². The quantitative estimate of drug-likeness (QED) is 0.0382. The number of halogens is 4. The van der Waals surface area contributed by atoms with Crippen LogP contribution in [0.2, 0.25) is 0 Å². The van der Waals surface area contributed by atoms with Gasteiger partial charge in [0.25, 0.3) is 6.43 Å². The number of aliphatic hydroxyl groups is 5. The highest BCUT2D eigenvalue weighted by atomic mass is 35.5. The summed E-state index contributed by atoms with van der Waals surface area (Å²) in [5.74, 6) is 24.9. The molecule has 0 bridgehead atoms. The molecule has 0 radical (unpaired) electrons. The van der Waals surface area contributed by atoms with Gasteiger partial charge in [-0.1, -0.05) is 101 Å². The fraction of sp³-hybridized carbons (Fsp3) is 0.806. The first-order valence-electron chi connectivity index (χ1n) is 59.4. The second-order valence-corrected chi connectivity index (χ2v) is 55.6. The molecule has 808 valence electrons.